The molecule has 3 atom stereocenters. The average molecular weight is 227 g/mol. The van der Waals surface area contributed by atoms with Crippen molar-refractivity contribution in [1.82, 2.24) is 0 Å². The van der Waals surface area contributed by atoms with Crippen molar-refractivity contribution >= 4 is 11.6 Å². The van der Waals surface area contributed by atoms with Crippen LogP contribution in [0.2, 0.25) is 0 Å². The third-order valence-corrected chi connectivity index (χ3v) is 4.07. The highest BCUT2D eigenvalue weighted by Crippen LogP contribution is 2.42. The second-order valence-corrected chi connectivity index (χ2v) is 5.18. The molecule has 1 fully saturated rings. The SMILES string of the molecule is Cc1cc(F)cc(C2CCC(Cl)C2C)c1. The highest BCUT2D eigenvalue weighted by molar-refractivity contribution is 6.21. The van der Waals surface area contributed by atoms with Crippen molar-refractivity contribution in [1.29, 1.82) is 0 Å². The zero-order valence-corrected chi connectivity index (χ0v) is 9.89. The van der Waals surface area contributed by atoms with E-state index < -0.39 is 0 Å². The van der Waals surface area contributed by atoms with E-state index in [1.807, 2.05) is 6.92 Å². The molecule has 0 spiro atoms. The van der Waals surface area contributed by atoms with Crippen molar-refractivity contribution in [2.24, 2.45) is 5.92 Å². The molecule has 0 heterocycles. The fraction of sp³-hybridized carbons (Fsp3) is 0.538. The van der Waals surface area contributed by atoms with Gasteiger partial charge >= 0.3 is 0 Å². The van der Waals surface area contributed by atoms with Crippen LogP contribution in [0.25, 0.3) is 0 Å². The van der Waals surface area contributed by atoms with Crippen LogP contribution >= 0.6 is 11.6 Å². The van der Waals surface area contributed by atoms with Gasteiger partial charge in [0.05, 0.1) is 0 Å². The van der Waals surface area contributed by atoms with Crippen molar-refractivity contribution in [3.8, 4) is 0 Å². The Hall–Kier alpha value is -0.560. The fourth-order valence-corrected chi connectivity index (χ4v) is 2.87. The lowest BCUT2D eigenvalue weighted by atomic mass is 9.89. The Balaban J connectivity index is 2.30. The molecule has 1 saturated carbocycles. The summed E-state index contributed by atoms with van der Waals surface area (Å²) in [6, 6.07) is 5.31. The zero-order valence-electron chi connectivity index (χ0n) is 9.13. The maximum atomic E-state index is 13.3. The van der Waals surface area contributed by atoms with Gasteiger partial charge in [-0.1, -0.05) is 13.0 Å². The smallest absolute Gasteiger partial charge is 0.123 e. The van der Waals surface area contributed by atoms with Crippen LogP contribution in [0.4, 0.5) is 4.39 Å². The van der Waals surface area contributed by atoms with E-state index in [2.05, 4.69) is 13.0 Å². The maximum Gasteiger partial charge on any atom is 0.123 e. The summed E-state index contributed by atoms with van der Waals surface area (Å²) in [5, 5.41) is 0.249. The number of aryl methyl sites for hydroxylation is 1. The minimum Gasteiger partial charge on any atom is -0.207 e. The van der Waals surface area contributed by atoms with E-state index in [1.54, 1.807) is 12.1 Å². The Morgan fingerprint density at radius 2 is 2.00 bits per heavy atom. The van der Waals surface area contributed by atoms with Gasteiger partial charge in [-0.25, -0.2) is 4.39 Å². The van der Waals surface area contributed by atoms with Crippen LogP contribution in [0.5, 0.6) is 0 Å². The maximum absolute atomic E-state index is 13.3. The monoisotopic (exact) mass is 226 g/mol. The Morgan fingerprint density at radius 3 is 2.53 bits per heavy atom. The molecule has 82 valence electrons. The van der Waals surface area contributed by atoms with E-state index in [4.69, 9.17) is 11.6 Å². The second kappa shape index (κ2) is 4.13. The van der Waals surface area contributed by atoms with Crippen molar-refractivity contribution in [3.05, 3.63) is 35.1 Å². The molecule has 0 nitrogen and oxygen atoms in total. The molecule has 0 aliphatic heterocycles. The van der Waals surface area contributed by atoms with Crippen molar-refractivity contribution in [3.63, 3.8) is 0 Å². The molecule has 0 amide bonds. The molecule has 1 aromatic rings. The third kappa shape index (κ3) is 2.17. The van der Waals surface area contributed by atoms with E-state index in [9.17, 15) is 4.39 Å². The molecule has 2 heteroatoms. The molecular weight excluding hydrogens is 211 g/mol. The summed E-state index contributed by atoms with van der Waals surface area (Å²) in [5.41, 5.74) is 2.11. The third-order valence-electron chi connectivity index (χ3n) is 3.45. The van der Waals surface area contributed by atoms with Gasteiger partial charge in [-0.15, -0.1) is 11.6 Å². The van der Waals surface area contributed by atoms with E-state index >= 15 is 0 Å². The summed E-state index contributed by atoms with van der Waals surface area (Å²) in [4.78, 5) is 0. The van der Waals surface area contributed by atoms with Crippen molar-refractivity contribution in [2.45, 2.75) is 38.0 Å². The molecule has 1 aliphatic carbocycles. The Morgan fingerprint density at radius 1 is 1.27 bits per heavy atom. The highest BCUT2D eigenvalue weighted by Gasteiger charge is 2.32. The molecule has 0 aromatic heterocycles. The first kappa shape index (κ1) is 10.9. The van der Waals surface area contributed by atoms with Crippen LogP contribution in [0.1, 0.15) is 36.8 Å². The molecule has 0 N–H and O–H groups in total. The van der Waals surface area contributed by atoms with Gasteiger partial charge in [0.25, 0.3) is 0 Å². The number of hydrogen-bond acceptors (Lipinski definition) is 0. The molecular formula is C13H16ClF. The minimum absolute atomic E-state index is 0.129. The molecule has 2 rings (SSSR count). The first-order chi connectivity index (χ1) is 7.08. The number of rotatable bonds is 1. The lowest BCUT2D eigenvalue weighted by Gasteiger charge is -2.18. The zero-order chi connectivity index (χ0) is 11.0. The predicted octanol–water partition coefficient (Wildman–Crippen LogP) is 4.26. The second-order valence-electron chi connectivity index (χ2n) is 4.62. The molecule has 1 aromatic carbocycles. The van der Waals surface area contributed by atoms with E-state index in [0.29, 0.717) is 11.8 Å². The van der Waals surface area contributed by atoms with Gasteiger partial charge in [0.2, 0.25) is 0 Å². The number of benzene rings is 1. The topological polar surface area (TPSA) is 0 Å². The lowest BCUT2D eigenvalue weighted by Crippen LogP contribution is -2.09. The van der Waals surface area contributed by atoms with Crippen LogP contribution < -0.4 is 0 Å². The summed E-state index contributed by atoms with van der Waals surface area (Å²) in [5.74, 6) is 0.755. The van der Waals surface area contributed by atoms with Gasteiger partial charge < -0.3 is 0 Å². The van der Waals surface area contributed by atoms with Crippen LogP contribution in [0.3, 0.4) is 0 Å². The molecule has 15 heavy (non-hydrogen) atoms. The van der Waals surface area contributed by atoms with Crippen LogP contribution in [0, 0.1) is 18.7 Å². The summed E-state index contributed by atoms with van der Waals surface area (Å²) in [6.07, 6.45) is 2.13. The van der Waals surface area contributed by atoms with Gasteiger partial charge in [-0.05, 0) is 54.9 Å². The van der Waals surface area contributed by atoms with Gasteiger partial charge in [0, 0.05) is 5.38 Å². The minimum atomic E-state index is -0.129. The quantitative estimate of drug-likeness (QED) is 0.628. The first-order valence-electron chi connectivity index (χ1n) is 5.49. The summed E-state index contributed by atoms with van der Waals surface area (Å²) in [6.45, 7) is 4.10. The molecule has 0 radical (unpaired) electrons. The van der Waals surface area contributed by atoms with Crippen molar-refractivity contribution < 1.29 is 4.39 Å². The molecule has 0 bridgehead atoms. The Bertz CT molecular complexity index is 341. The Labute approximate surface area is 95.4 Å². The standard InChI is InChI=1S/C13H16ClF/c1-8-5-10(7-11(15)6-8)12-3-4-13(14)9(12)2/h5-7,9,12-13H,3-4H2,1-2H3. The normalized spacial score (nSPS) is 30.8. The number of hydrogen-bond donors (Lipinski definition) is 0. The van der Waals surface area contributed by atoms with Gasteiger partial charge in [0.15, 0.2) is 0 Å². The highest BCUT2D eigenvalue weighted by atomic mass is 35.5. The van der Waals surface area contributed by atoms with E-state index in [0.717, 1.165) is 24.0 Å². The van der Waals surface area contributed by atoms with Crippen molar-refractivity contribution in [2.75, 3.05) is 0 Å². The Kier molecular flexibility index (Phi) is 3.01. The molecule has 0 saturated heterocycles. The van der Waals surface area contributed by atoms with E-state index in [1.165, 1.54) is 0 Å². The fourth-order valence-electron chi connectivity index (χ4n) is 2.57. The molecule has 3 unspecified atom stereocenters. The number of alkyl halides is 1. The predicted molar refractivity (Wildman–Crippen MR) is 61.9 cm³/mol. The van der Waals surface area contributed by atoms with Crippen LogP contribution in [0.15, 0.2) is 18.2 Å². The van der Waals surface area contributed by atoms with Gasteiger partial charge in [-0.2, -0.15) is 0 Å². The van der Waals surface area contributed by atoms with Gasteiger partial charge in [-0.3, -0.25) is 0 Å². The summed E-state index contributed by atoms with van der Waals surface area (Å²) in [7, 11) is 0. The van der Waals surface area contributed by atoms with Crippen LogP contribution in [-0.4, -0.2) is 5.38 Å². The lowest BCUT2D eigenvalue weighted by molar-refractivity contribution is 0.532. The average Bonchev–Trinajstić information content (AvgIpc) is 2.46. The molecule has 1 aliphatic rings. The summed E-state index contributed by atoms with van der Waals surface area (Å²) < 4.78 is 13.3. The van der Waals surface area contributed by atoms with E-state index in [-0.39, 0.29) is 11.2 Å². The summed E-state index contributed by atoms with van der Waals surface area (Å²) >= 11 is 6.19. The largest absolute Gasteiger partial charge is 0.207 e. The first-order valence-corrected chi connectivity index (χ1v) is 5.92. The van der Waals surface area contributed by atoms with Crippen LogP contribution in [-0.2, 0) is 0 Å². The van der Waals surface area contributed by atoms with Gasteiger partial charge in [0.1, 0.15) is 5.82 Å². The number of halogens is 2.